The smallest absolute Gasteiger partial charge is 0.269 e. The summed E-state index contributed by atoms with van der Waals surface area (Å²) in [5, 5.41) is 11.0. The average Bonchev–Trinajstić information content (AvgIpc) is 3.35. The van der Waals surface area contributed by atoms with Crippen LogP contribution in [-0.4, -0.2) is 36.1 Å². The maximum atomic E-state index is 11.0. The van der Waals surface area contributed by atoms with E-state index in [9.17, 15) is 10.1 Å². The first-order chi connectivity index (χ1) is 20.2. The van der Waals surface area contributed by atoms with Crippen LogP contribution in [0.4, 0.5) is 5.69 Å². The van der Waals surface area contributed by atoms with Gasteiger partial charge >= 0.3 is 0 Å². The number of hydrogen-bond acceptors (Lipinski definition) is 7. The second-order valence-corrected chi connectivity index (χ2v) is 9.80. The molecule has 8 heteroatoms. The van der Waals surface area contributed by atoms with Crippen LogP contribution in [0.1, 0.15) is 22.3 Å². The molecular formula is C33H33NO7. The summed E-state index contributed by atoms with van der Waals surface area (Å²) in [5.41, 5.74) is 3.93. The standard InChI is InChI=1S/C33H33NO7/c35-34(36)29-18-16-28(17-19-29)23-40-33-32(39-22-27-14-8-3-9-15-27)31(38-21-26-12-6-2-7-13-26)30(41-33)24-37-20-25-10-4-1-5-11-25/h1-19,30-33H,20-24H2/t30-,31-,32+,33?/m1/s1. The van der Waals surface area contributed by atoms with Gasteiger partial charge in [0.2, 0.25) is 0 Å². The highest BCUT2D eigenvalue weighted by atomic mass is 16.7. The fourth-order valence-corrected chi connectivity index (χ4v) is 4.63. The Kier molecular flexibility index (Phi) is 10.2. The summed E-state index contributed by atoms with van der Waals surface area (Å²) in [6, 6.07) is 36.1. The minimum atomic E-state index is -0.736. The van der Waals surface area contributed by atoms with Gasteiger partial charge in [0.15, 0.2) is 6.29 Å². The van der Waals surface area contributed by atoms with Crippen molar-refractivity contribution in [3.8, 4) is 0 Å². The highest BCUT2D eigenvalue weighted by Gasteiger charge is 2.47. The van der Waals surface area contributed by atoms with E-state index < -0.39 is 29.5 Å². The third-order valence-electron chi connectivity index (χ3n) is 6.79. The normalized spacial score (nSPS) is 20.2. The third-order valence-corrected chi connectivity index (χ3v) is 6.79. The van der Waals surface area contributed by atoms with E-state index in [1.807, 2.05) is 91.0 Å². The van der Waals surface area contributed by atoms with Gasteiger partial charge < -0.3 is 23.7 Å². The molecule has 1 saturated heterocycles. The third kappa shape index (κ3) is 8.29. The summed E-state index contributed by atoms with van der Waals surface area (Å²) in [7, 11) is 0. The van der Waals surface area contributed by atoms with Crippen molar-refractivity contribution in [2.24, 2.45) is 0 Å². The monoisotopic (exact) mass is 555 g/mol. The van der Waals surface area contributed by atoms with Gasteiger partial charge in [0.05, 0.1) is 38.0 Å². The zero-order valence-electron chi connectivity index (χ0n) is 22.6. The Balaban J connectivity index is 1.32. The molecule has 0 aliphatic carbocycles. The predicted molar refractivity (Wildman–Crippen MR) is 153 cm³/mol. The molecule has 1 fully saturated rings. The minimum Gasteiger partial charge on any atom is -0.374 e. The van der Waals surface area contributed by atoms with Crippen molar-refractivity contribution in [1.82, 2.24) is 0 Å². The van der Waals surface area contributed by atoms with Crippen LogP contribution >= 0.6 is 0 Å². The van der Waals surface area contributed by atoms with Gasteiger partial charge in [-0.05, 0) is 34.4 Å². The summed E-state index contributed by atoms with van der Waals surface area (Å²) in [6.07, 6.45) is -2.18. The fourth-order valence-electron chi connectivity index (χ4n) is 4.63. The lowest BCUT2D eigenvalue weighted by atomic mass is 10.1. The second kappa shape index (κ2) is 14.6. The molecule has 0 N–H and O–H groups in total. The molecule has 1 heterocycles. The zero-order chi connectivity index (χ0) is 28.3. The molecule has 41 heavy (non-hydrogen) atoms. The molecule has 0 radical (unpaired) electrons. The topological polar surface area (TPSA) is 89.3 Å². The van der Waals surface area contributed by atoms with Crippen molar-refractivity contribution in [1.29, 1.82) is 0 Å². The fraction of sp³-hybridized carbons (Fsp3) is 0.273. The van der Waals surface area contributed by atoms with Crippen LogP contribution in [0.5, 0.6) is 0 Å². The van der Waals surface area contributed by atoms with E-state index in [1.54, 1.807) is 12.1 Å². The molecule has 8 nitrogen and oxygen atoms in total. The maximum Gasteiger partial charge on any atom is 0.269 e. The molecular weight excluding hydrogens is 522 g/mol. The number of benzene rings is 4. The van der Waals surface area contributed by atoms with E-state index in [0.717, 1.165) is 22.3 Å². The van der Waals surface area contributed by atoms with Crippen molar-refractivity contribution in [3.05, 3.63) is 148 Å². The SMILES string of the molecule is O=[N+]([O-])c1ccc(COC2O[C@H](COCc3ccccc3)[C@@H](OCc3ccccc3)[C@@H]2OCc2ccccc2)cc1. The molecule has 1 unspecified atom stereocenters. The van der Waals surface area contributed by atoms with Crippen LogP contribution in [0, 0.1) is 10.1 Å². The number of non-ortho nitro benzene ring substituents is 1. The van der Waals surface area contributed by atoms with Crippen LogP contribution < -0.4 is 0 Å². The summed E-state index contributed by atoms with van der Waals surface area (Å²) in [5.74, 6) is 0. The van der Waals surface area contributed by atoms with E-state index >= 15 is 0 Å². The predicted octanol–water partition coefficient (Wildman–Crippen LogP) is 6.22. The van der Waals surface area contributed by atoms with E-state index in [-0.39, 0.29) is 18.9 Å². The lowest BCUT2D eigenvalue weighted by molar-refractivity contribution is -0.384. The van der Waals surface area contributed by atoms with E-state index in [0.29, 0.717) is 19.8 Å². The summed E-state index contributed by atoms with van der Waals surface area (Å²) < 4.78 is 31.5. The Morgan fingerprint density at radius 2 is 1.05 bits per heavy atom. The maximum absolute atomic E-state index is 11.0. The highest BCUT2D eigenvalue weighted by molar-refractivity contribution is 5.32. The lowest BCUT2D eigenvalue weighted by Crippen LogP contribution is -2.39. The Morgan fingerprint density at radius 3 is 1.59 bits per heavy atom. The van der Waals surface area contributed by atoms with Gasteiger partial charge in [0.25, 0.3) is 5.69 Å². The average molecular weight is 556 g/mol. The Labute approximate surface area is 239 Å². The van der Waals surface area contributed by atoms with Gasteiger partial charge in [-0.3, -0.25) is 10.1 Å². The molecule has 0 spiro atoms. The van der Waals surface area contributed by atoms with Gasteiger partial charge in [-0.25, -0.2) is 0 Å². The van der Waals surface area contributed by atoms with Crippen LogP contribution in [0.25, 0.3) is 0 Å². The van der Waals surface area contributed by atoms with Crippen LogP contribution in [0.2, 0.25) is 0 Å². The van der Waals surface area contributed by atoms with E-state index in [4.69, 9.17) is 23.7 Å². The minimum absolute atomic E-state index is 0.0277. The number of nitro groups is 1. The number of rotatable bonds is 14. The van der Waals surface area contributed by atoms with Crippen molar-refractivity contribution in [2.75, 3.05) is 6.61 Å². The lowest BCUT2D eigenvalue weighted by Gasteiger charge is -2.25. The molecule has 212 valence electrons. The van der Waals surface area contributed by atoms with Gasteiger partial charge in [0.1, 0.15) is 18.3 Å². The van der Waals surface area contributed by atoms with Gasteiger partial charge in [-0.1, -0.05) is 91.0 Å². The molecule has 0 bridgehead atoms. The Morgan fingerprint density at radius 1 is 0.585 bits per heavy atom. The van der Waals surface area contributed by atoms with Gasteiger partial charge in [-0.15, -0.1) is 0 Å². The van der Waals surface area contributed by atoms with Gasteiger partial charge in [0, 0.05) is 12.1 Å². The van der Waals surface area contributed by atoms with Gasteiger partial charge in [-0.2, -0.15) is 0 Å². The summed E-state index contributed by atoms with van der Waals surface area (Å²) >= 11 is 0. The Hall–Kier alpha value is -3.92. The van der Waals surface area contributed by atoms with E-state index in [1.165, 1.54) is 12.1 Å². The number of ether oxygens (including phenoxy) is 5. The highest BCUT2D eigenvalue weighted by Crippen LogP contribution is 2.31. The number of nitro benzene ring substituents is 1. The van der Waals surface area contributed by atoms with Crippen LogP contribution in [0.3, 0.4) is 0 Å². The largest absolute Gasteiger partial charge is 0.374 e. The van der Waals surface area contributed by atoms with Crippen LogP contribution in [0.15, 0.2) is 115 Å². The number of hydrogen-bond donors (Lipinski definition) is 0. The zero-order valence-corrected chi connectivity index (χ0v) is 22.6. The molecule has 0 aromatic heterocycles. The molecule has 1 aliphatic heterocycles. The first-order valence-electron chi connectivity index (χ1n) is 13.6. The summed E-state index contributed by atoms with van der Waals surface area (Å²) in [4.78, 5) is 10.6. The Bertz CT molecular complexity index is 1340. The molecule has 0 amide bonds. The molecule has 1 aliphatic rings. The molecule has 4 aromatic rings. The van der Waals surface area contributed by atoms with Crippen molar-refractivity contribution in [3.63, 3.8) is 0 Å². The molecule has 4 aromatic carbocycles. The number of nitrogens with zero attached hydrogens (tertiary/aromatic N) is 1. The second-order valence-electron chi connectivity index (χ2n) is 9.80. The van der Waals surface area contributed by atoms with Crippen molar-refractivity contribution < 1.29 is 28.6 Å². The first-order valence-corrected chi connectivity index (χ1v) is 13.6. The van der Waals surface area contributed by atoms with E-state index in [2.05, 4.69) is 0 Å². The van der Waals surface area contributed by atoms with Crippen molar-refractivity contribution in [2.45, 2.75) is 51.0 Å². The molecule has 5 rings (SSSR count). The summed E-state index contributed by atoms with van der Waals surface area (Å²) in [6.45, 7) is 1.66. The quantitative estimate of drug-likeness (QED) is 0.135. The van der Waals surface area contributed by atoms with Crippen molar-refractivity contribution >= 4 is 5.69 Å². The van der Waals surface area contributed by atoms with Crippen LogP contribution in [-0.2, 0) is 50.1 Å². The first kappa shape index (κ1) is 28.6. The molecule has 0 saturated carbocycles. The molecule has 4 atom stereocenters.